The van der Waals surface area contributed by atoms with Crippen LogP contribution in [0.3, 0.4) is 0 Å². The zero-order chi connectivity index (χ0) is 13.3. The van der Waals surface area contributed by atoms with Crippen molar-refractivity contribution in [3.8, 4) is 11.5 Å². The Morgan fingerprint density at radius 2 is 2.28 bits per heavy atom. The monoisotopic (exact) mass is 250 g/mol. The molecular weight excluding hydrogens is 236 g/mol. The molecule has 0 bridgehead atoms. The second-order valence-corrected chi connectivity index (χ2v) is 4.46. The molecule has 0 atom stereocenters. The van der Waals surface area contributed by atoms with Crippen LogP contribution in [0.1, 0.15) is 19.4 Å². The third-order valence-electron chi connectivity index (χ3n) is 2.53. The zero-order valence-electron chi connectivity index (χ0n) is 10.1. The molecule has 2 aromatic heterocycles. The highest BCUT2D eigenvalue weighted by molar-refractivity contribution is 5.64. The number of hydrogen-bond acceptors (Lipinski definition) is 5. The SMILES string of the molecule is CC(C)Cc1c(N)n[nH]c1-c1ccc([N+](=O)[O-])o1. The van der Waals surface area contributed by atoms with Crippen molar-refractivity contribution in [3.63, 3.8) is 0 Å². The predicted molar refractivity (Wildman–Crippen MR) is 65.9 cm³/mol. The summed E-state index contributed by atoms with van der Waals surface area (Å²) in [5, 5.41) is 17.3. The summed E-state index contributed by atoms with van der Waals surface area (Å²) in [7, 11) is 0. The highest BCUT2D eigenvalue weighted by Crippen LogP contribution is 2.30. The molecule has 3 N–H and O–H groups in total. The Hall–Kier alpha value is -2.31. The van der Waals surface area contributed by atoms with Gasteiger partial charge in [-0.3, -0.25) is 15.2 Å². The summed E-state index contributed by atoms with van der Waals surface area (Å²) >= 11 is 0. The van der Waals surface area contributed by atoms with E-state index in [1.54, 1.807) is 0 Å². The molecule has 0 aromatic carbocycles. The first-order valence-electron chi connectivity index (χ1n) is 5.56. The lowest BCUT2D eigenvalue weighted by Crippen LogP contribution is -1.98. The highest BCUT2D eigenvalue weighted by Gasteiger charge is 2.19. The number of nitro groups is 1. The fraction of sp³-hybridized carbons (Fsp3) is 0.364. The maximum atomic E-state index is 10.6. The summed E-state index contributed by atoms with van der Waals surface area (Å²) in [4.78, 5) is 10.00. The van der Waals surface area contributed by atoms with Crippen molar-refractivity contribution in [1.29, 1.82) is 0 Å². The Balaban J connectivity index is 2.40. The molecule has 0 amide bonds. The molecule has 0 aliphatic rings. The van der Waals surface area contributed by atoms with Crippen LogP contribution in [-0.2, 0) is 6.42 Å². The molecule has 0 saturated heterocycles. The van der Waals surface area contributed by atoms with E-state index < -0.39 is 4.92 Å². The van der Waals surface area contributed by atoms with Gasteiger partial charge < -0.3 is 10.2 Å². The number of nitrogens with zero attached hydrogens (tertiary/aromatic N) is 2. The van der Waals surface area contributed by atoms with Gasteiger partial charge in [-0.15, -0.1) is 0 Å². The van der Waals surface area contributed by atoms with Crippen LogP contribution in [0.2, 0.25) is 0 Å². The number of furan rings is 1. The van der Waals surface area contributed by atoms with Crippen LogP contribution in [0.25, 0.3) is 11.5 Å². The van der Waals surface area contributed by atoms with Gasteiger partial charge in [-0.1, -0.05) is 13.8 Å². The van der Waals surface area contributed by atoms with E-state index in [1.165, 1.54) is 12.1 Å². The lowest BCUT2D eigenvalue weighted by Gasteiger charge is -2.04. The minimum absolute atomic E-state index is 0.298. The van der Waals surface area contributed by atoms with E-state index in [0.717, 1.165) is 12.0 Å². The molecular formula is C11H14N4O3. The Labute approximate surface area is 103 Å². The number of aromatic nitrogens is 2. The lowest BCUT2D eigenvalue weighted by molar-refractivity contribution is -0.401. The van der Waals surface area contributed by atoms with Crippen LogP contribution in [0.5, 0.6) is 0 Å². The first kappa shape index (κ1) is 12.2. The van der Waals surface area contributed by atoms with Gasteiger partial charge in [-0.25, -0.2) is 0 Å². The van der Waals surface area contributed by atoms with E-state index in [9.17, 15) is 10.1 Å². The van der Waals surface area contributed by atoms with Crippen molar-refractivity contribution in [1.82, 2.24) is 10.2 Å². The fourth-order valence-electron chi connectivity index (χ4n) is 1.76. The van der Waals surface area contributed by atoms with Gasteiger partial charge in [0.2, 0.25) is 0 Å². The molecule has 2 aromatic rings. The highest BCUT2D eigenvalue weighted by atomic mass is 16.6. The molecule has 0 aliphatic heterocycles. The molecule has 0 fully saturated rings. The van der Waals surface area contributed by atoms with E-state index in [-0.39, 0.29) is 5.88 Å². The summed E-state index contributed by atoms with van der Waals surface area (Å²) in [6.07, 6.45) is 0.728. The van der Waals surface area contributed by atoms with Crippen LogP contribution < -0.4 is 5.73 Å². The van der Waals surface area contributed by atoms with Crippen molar-refractivity contribution >= 4 is 11.7 Å². The number of rotatable bonds is 4. The lowest BCUT2D eigenvalue weighted by atomic mass is 10.0. The standard InChI is InChI=1S/C11H14N4O3/c1-6(2)5-7-10(13-14-11(7)12)8-3-4-9(18-8)15(16)17/h3-4,6H,5H2,1-2H3,(H3,12,13,14). The topological polar surface area (TPSA) is 111 Å². The van der Waals surface area contributed by atoms with Crippen LogP contribution in [0.4, 0.5) is 11.7 Å². The van der Waals surface area contributed by atoms with E-state index in [4.69, 9.17) is 10.2 Å². The molecule has 7 nitrogen and oxygen atoms in total. The quantitative estimate of drug-likeness (QED) is 0.639. The Morgan fingerprint density at radius 1 is 1.56 bits per heavy atom. The maximum absolute atomic E-state index is 10.6. The van der Waals surface area contributed by atoms with E-state index in [1.807, 2.05) is 0 Å². The number of hydrogen-bond donors (Lipinski definition) is 2. The Kier molecular flexibility index (Phi) is 3.05. The summed E-state index contributed by atoms with van der Waals surface area (Å²) < 4.78 is 5.14. The summed E-state index contributed by atoms with van der Waals surface area (Å²) in [6.45, 7) is 4.11. The smallest absolute Gasteiger partial charge is 0.399 e. The van der Waals surface area contributed by atoms with Crippen LogP contribution >= 0.6 is 0 Å². The van der Waals surface area contributed by atoms with Crippen molar-refractivity contribution in [2.45, 2.75) is 20.3 Å². The van der Waals surface area contributed by atoms with Crippen molar-refractivity contribution < 1.29 is 9.34 Å². The van der Waals surface area contributed by atoms with Gasteiger partial charge >= 0.3 is 5.88 Å². The van der Waals surface area contributed by atoms with E-state index in [0.29, 0.717) is 23.2 Å². The van der Waals surface area contributed by atoms with Gasteiger partial charge in [0.15, 0.2) is 5.76 Å². The molecule has 7 heteroatoms. The average molecular weight is 250 g/mol. The van der Waals surface area contributed by atoms with Gasteiger partial charge in [0.05, 0.1) is 6.07 Å². The minimum Gasteiger partial charge on any atom is -0.399 e. The summed E-state index contributed by atoms with van der Waals surface area (Å²) in [5.41, 5.74) is 7.21. The third-order valence-corrected chi connectivity index (χ3v) is 2.53. The maximum Gasteiger partial charge on any atom is 0.433 e. The molecule has 18 heavy (non-hydrogen) atoms. The molecule has 96 valence electrons. The predicted octanol–water partition coefficient (Wildman–Crippen LogP) is 2.36. The van der Waals surface area contributed by atoms with Gasteiger partial charge in [0, 0.05) is 5.56 Å². The fourth-order valence-corrected chi connectivity index (χ4v) is 1.76. The van der Waals surface area contributed by atoms with Crippen LogP contribution in [0, 0.1) is 16.0 Å². The molecule has 0 spiro atoms. The Bertz CT molecular complexity index is 571. The zero-order valence-corrected chi connectivity index (χ0v) is 10.1. The van der Waals surface area contributed by atoms with E-state index in [2.05, 4.69) is 24.0 Å². The third kappa shape index (κ3) is 2.20. The van der Waals surface area contributed by atoms with Crippen molar-refractivity contribution in [3.05, 3.63) is 27.8 Å². The van der Waals surface area contributed by atoms with Crippen LogP contribution in [0.15, 0.2) is 16.5 Å². The Morgan fingerprint density at radius 3 is 2.83 bits per heavy atom. The van der Waals surface area contributed by atoms with Gasteiger partial charge in [-0.2, -0.15) is 5.10 Å². The molecule has 2 rings (SSSR count). The van der Waals surface area contributed by atoms with Crippen LogP contribution in [-0.4, -0.2) is 15.1 Å². The molecule has 0 aliphatic carbocycles. The second-order valence-electron chi connectivity index (χ2n) is 4.46. The number of aromatic amines is 1. The molecule has 0 radical (unpaired) electrons. The van der Waals surface area contributed by atoms with E-state index >= 15 is 0 Å². The molecule has 2 heterocycles. The summed E-state index contributed by atoms with van der Waals surface area (Å²) in [5.74, 6) is 0.876. The van der Waals surface area contributed by atoms with Crippen molar-refractivity contribution in [2.24, 2.45) is 5.92 Å². The first-order valence-corrected chi connectivity index (χ1v) is 5.56. The number of nitrogens with two attached hydrogens (primary N) is 1. The van der Waals surface area contributed by atoms with Crippen molar-refractivity contribution in [2.75, 3.05) is 5.73 Å². The average Bonchev–Trinajstić information content (AvgIpc) is 2.86. The summed E-state index contributed by atoms with van der Waals surface area (Å²) in [6, 6.07) is 2.85. The number of H-pyrrole nitrogens is 1. The minimum atomic E-state index is -0.578. The molecule has 0 unspecified atom stereocenters. The van der Waals surface area contributed by atoms with Gasteiger partial charge in [-0.05, 0) is 18.4 Å². The number of anilines is 1. The normalized spacial score (nSPS) is 11.1. The number of nitrogen functional groups attached to an aromatic ring is 1. The van der Waals surface area contributed by atoms with Gasteiger partial charge in [0.25, 0.3) is 0 Å². The number of nitrogens with one attached hydrogen (secondary N) is 1. The van der Waals surface area contributed by atoms with Gasteiger partial charge in [0.1, 0.15) is 16.4 Å². The molecule has 0 saturated carbocycles. The second kappa shape index (κ2) is 4.52. The largest absolute Gasteiger partial charge is 0.433 e. The first-order chi connectivity index (χ1) is 8.49.